The van der Waals surface area contributed by atoms with Crippen molar-refractivity contribution < 1.29 is 9.21 Å². The number of aromatic nitrogens is 3. The Kier molecular flexibility index (Phi) is 4.77. The molecule has 2 aromatic heterocycles. The summed E-state index contributed by atoms with van der Waals surface area (Å²) in [5.74, 6) is 1.02. The monoisotopic (exact) mass is 379 g/mol. The summed E-state index contributed by atoms with van der Waals surface area (Å²) in [5.41, 5.74) is 2.30. The zero-order valence-corrected chi connectivity index (χ0v) is 15.6. The Morgan fingerprint density at radius 1 is 1.11 bits per heavy atom. The van der Waals surface area contributed by atoms with Crippen molar-refractivity contribution in [2.75, 3.05) is 0 Å². The van der Waals surface area contributed by atoms with Gasteiger partial charge in [-0.05, 0) is 42.8 Å². The summed E-state index contributed by atoms with van der Waals surface area (Å²) >= 11 is 5.93. The summed E-state index contributed by atoms with van der Waals surface area (Å²) in [5, 5.41) is 9.92. The van der Waals surface area contributed by atoms with Gasteiger partial charge in [0.25, 0.3) is 5.89 Å². The first-order valence-electron chi connectivity index (χ1n) is 8.85. The molecule has 0 bridgehead atoms. The number of carbonyl (C=O) groups excluding carboxylic acids is 1. The van der Waals surface area contributed by atoms with Crippen LogP contribution in [0.15, 0.2) is 59.0 Å². The van der Waals surface area contributed by atoms with E-state index in [2.05, 4.69) is 17.1 Å². The number of halogens is 1. The van der Waals surface area contributed by atoms with Gasteiger partial charge in [-0.3, -0.25) is 4.79 Å². The molecule has 4 rings (SSSR count). The van der Waals surface area contributed by atoms with E-state index < -0.39 is 0 Å². The maximum atomic E-state index is 12.8. The standard InChI is InChI=1S/C21H18ClN3O2/c1-2-5-20-23-24-21(27-20)18-12-15-6-3-4-7-17(15)25(18)13-19(26)14-8-10-16(22)11-9-14/h3-4,6-12H,2,5,13H2,1H3. The zero-order chi connectivity index (χ0) is 18.8. The first-order chi connectivity index (χ1) is 13.2. The van der Waals surface area contributed by atoms with Crippen molar-refractivity contribution in [1.82, 2.24) is 14.8 Å². The summed E-state index contributed by atoms with van der Waals surface area (Å²) in [4.78, 5) is 12.8. The van der Waals surface area contributed by atoms with E-state index in [9.17, 15) is 4.79 Å². The Hall–Kier alpha value is -2.92. The highest BCUT2D eigenvalue weighted by Gasteiger charge is 2.18. The van der Waals surface area contributed by atoms with E-state index in [-0.39, 0.29) is 12.3 Å². The molecule has 136 valence electrons. The number of aryl methyl sites for hydroxylation is 1. The van der Waals surface area contributed by atoms with Crippen LogP contribution in [0.4, 0.5) is 0 Å². The normalized spacial score (nSPS) is 11.2. The topological polar surface area (TPSA) is 60.9 Å². The van der Waals surface area contributed by atoms with Crippen LogP contribution in [0, 0.1) is 0 Å². The molecule has 0 aliphatic carbocycles. The first kappa shape index (κ1) is 17.5. The smallest absolute Gasteiger partial charge is 0.264 e. The lowest BCUT2D eigenvalue weighted by atomic mass is 10.1. The fourth-order valence-corrected chi connectivity index (χ4v) is 3.23. The minimum absolute atomic E-state index is 0.0115. The van der Waals surface area contributed by atoms with Crippen LogP contribution >= 0.6 is 11.6 Å². The van der Waals surface area contributed by atoms with Gasteiger partial charge in [-0.25, -0.2) is 0 Å². The van der Waals surface area contributed by atoms with E-state index in [1.54, 1.807) is 24.3 Å². The third kappa shape index (κ3) is 3.51. The Morgan fingerprint density at radius 3 is 2.67 bits per heavy atom. The van der Waals surface area contributed by atoms with E-state index in [4.69, 9.17) is 16.0 Å². The fraction of sp³-hybridized carbons (Fsp3) is 0.190. The van der Waals surface area contributed by atoms with E-state index in [1.165, 1.54) is 0 Å². The van der Waals surface area contributed by atoms with Crippen molar-refractivity contribution in [1.29, 1.82) is 0 Å². The van der Waals surface area contributed by atoms with Crippen LogP contribution < -0.4 is 0 Å². The highest BCUT2D eigenvalue weighted by Crippen LogP contribution is 2.28. The van der Waals surface area contributed by atoms with Gasteiger partial charge in [-0.15, -0.1) is 10.2 Å². The minimum Gasteiger partial charge on any atom is -0.419 e. The van der Waals surface area contributed by atoms with E-state index in [1.807, 2.05) is 34.9 Å². The molecule has 0 aliphatic rings. The second kappa shape index (κ2) is 7.37. The van der Waals surface area contributed by atoms with E-state index in [0.717, 1.165) is 29.4 Å². The predicted molar refractivity (Wildman–Crippen MR) is 105 cm³/mol. The second-order valence-electron chi connectivity index (χ2n) is 6.36. The van der Waals surface area contributed by atoms with E-state index in [0.29, 0.717) is 22.4 Å². The number of fused-ring (bicyclic) bond motifs is 1. The van der Waals surface area contributed by atoms with Crippen LogP contribution in [0.25, 0.3) is 22.5 Å². The lowest BCUT2D eigenvalue weighted by molar-refractivity contribution is 0.0974. The molecule has 5 nitrogen and oxygen atoms in total. The average Bonchev–Trinajstić information content (AvgIpc) is 3.27. The molecule has 0 saturated heterocycles. The molecule has 0 aliphatic heterocycles. The number of Topliss-reactive ketones (excluding diaryl/α,β-unsaturated/α-hetero) is 1. The maximum Gasteiger partial charge on any atom is 0.264 e. The molecule has 2 aromatic carbocycles. The molecule has 4 aromatic rings. The number of carbonyl (C=O) groups is 1. The molecule has 0 amide bonds. The number of hydrogen-bond donors (Lipinski definition) is 0. The molecule has 0 radical (unpaired) electrons. The number of ketones is 1. The Labute approximate surface area is 161 Å². The molecule has 0 atom stereocenters. The molecule has 27 heavy (non-hydrogen) atoms. The molecular weight excluding hydrogens is 362 g/mol. The van der Waals surface area contributed by atoms with Crippen LogP contribution in [-0.4, -0.2) is 20.5 Å². The van der Waals surface area contributed by atoms with Crippen molar-refractivity contribution in [3.8, 4) is 11.6 Å². The van der Waals surface area contributed by atoms with Crippen molar-refractivity contribution in [3.63, 3.8) is 0 Å². The average molecular weight is 380 g/mol. The summed E-state index contributed by atoms with van der Waals surface area (Å²) in [7, 11) is 0. The van der Waals surface area contributed by atoms with Crippen LogP contribution in [0.2, 0.25) is 5.02 Å². The Morgan fingerprint density at radius 2 is 1.89 bits per heavy atom. The van der Waals surface area contributed by atoms with Gasteiger partial charge in [0.1, 0.15) is 5.69 Å². The third-order valence-corrected chi connectivity index (χ3v) is 4.68. The number of hydrogen-bond acceptors (Lipinski definition) is 4. The largest absolute Gasteiger partial charge is 0.419 e. The van der Waals surface area contributed by atoms with Crippen molar-refractivity contribution >= 4 is 28.3 Å². The molecule has 0 fully saturated rings. The van der Waals surface area contributed by atoms with Crippen molar-refractivity contribution in [2.24, 2.45) is 0 Å². The van der Waals surface area contributed by atoms with Crippen molar-refractivity contribution in [3.05, 3.63) is 71.1 Å². The zero-order valence-electron chi connectivity index (χ0n) is 14.9. The van der Waals surface area contributed by atoms with Gasteiger partial charge < -0.3 is 8.98 Å². The van der Waals surface area contributed by atoms with Gasteiger partial charge >= 0.3 is 0 Å². The Bertz CT molecular complexity index is 1100. The molecule has 0 saturated carbocycles. The van der Waals surface area contributed by atoms with Gasteiger partial charge in [-0.1, -0.05) is 36.7 Å². The molecule has 0 unspecified atom stereocenters. The first-order valence-corrected chi connectivity index (χ1v) is 9.23. The van der Waals surface area contributed by atoms with Crippen LogP contribution in [0.3, 0.4) is 0 Å². The van der Waals surface area contributed by atoms with Crippen LogP contribution in [-0.2, 0) is 13.0 Å². The SMILES string of the molecule is CCCc1nnc(-c2cc3ccccc3n2CC(=O)c2ccc(Cl)cc2)o1. The Balaban J connectivity index is 1.75. The van der Waals surface area contributed by atoms with Crippen LogP contribution in [0.5, 0.6) is 0 Å². The number of nitrogens with zero attached hydrogens (tertiary/aromatic N) is 3. The number of para-hydroxylation sites is 1. The van der Waals surface area contributed by atoms with Gasteiger partial charge in [0.05, 0.1) is 6.54 Å². The lowest BCUT2D eigenvalue weighted by Crippen LogP contribution is -2.11. The number of benzene rings is 2. The van der Waals surface area contributed by atoms with Crippen LogP contribution in [0.1, 0.15) is 29.6 Å². The molecule has 0 spiro atoms. The maximum absolute atomic E-state index is 12.8. The minimum atomic E-state index is -0.0115. The summed E-state index contributed by atoms with van der Waals surface area (Å²) in [6, 6.07) is 16.8. The predicted octanol–water partition coefficient (Wildman–Crippen LogP) is 5.18. The second-order valence-corrected chi connectivity index (χ2v) is 6.79. The highest BCUT2D eigenvalue weighted by molar-refractivity contribution is 6.30. The molecule has 6 heteroatoms. The molecule has 2 heterocycles. The fourth-order valence-electron chi connectivity index (χ4n) is 3.10. The van der Waals surface area contributed by atoms with Crippen molar-refractivity contribution in [2.45, 2.75) is 26.3 Å². The number of rotatable bonds is 6. The van der Waals surface area contributed by atoms with E-state index >= 15 is 0 Å². The van der Waals surface area contributed by atoms with Gasteiger partial charge in [-0.2, -0.15) is 0 Å². The summed E-state index contributed by atoms with van der Waals surface area (Å²) in [6.07, 6.45) is 1.66. The highest BCUT2D eigenvalue weighted by atomic mass is 35.5. The summed E-state index contributed by atoms with van der Waals surface area (Å²) < 4.78 is 7.74. The van der Waals surface area contributed by atoms with Gasteiger partial charge in [0, 0.05) is 27.9 Å². The summed E-state index contributed by atoms with van der Waals surface area (Å²) in [6.45, 7) is 2.24. The molecular formula is C21H18ClN3O2. The quantitative estimate of drug-likeness (QED) is 0.433. The lowest BCUT2D eigenvalue weighted by Gasteiger charge is -2.08. The molecule has 0 N–H and O–H groups in total. The van der Waals surface area contributed by atoms with Gasteiger partial charge in [0.15, 0.2) is 5.78 Å². The van der Waals surface area contributed by atoms with Gasteiger partial charge in [0.2, 0.25) is 5.89 Å². The third-order valence-electron chi connectivity index (χ3n) is 4.43.